The molecule has 15 heteroatoms. The van der Waals surface area contributed by atoms with Crippen molar-refractivity contribution in [3.63, 3.8) is 0 Å². The van der Waals surface area contributed by atoms with E-state index in [0.29, 0.717) is 30.5 Å². The molecule has 0 spiro atoms. The van der Waals surface area contributed by atoms with Gasteiger partial charge in [-0.1, -0.05) is 82.7 Å². The van der Waals surface area contributed by atoms with E-state index in [1.54, 1.807) is 82.2 Å². The number of carbonyl (C=O) groups excluding carboxylic acids is 6. The molecule has 1 aromatic carbocycles. The number of nitrogens with zero attached hydrogens (tertiary/aromatic N) is 2. The Morgan fingerprint density at radius 3 is 2.48 bits per heavy atom. The van der Waals surface area contributed by atoms with Gasteiger partial charge < -0.3 is 40.4 Å². The third kappa shape index (κ3) is 16.0. The summed E-state index contributed by atoms with van der Waals surface area (Å²) < 4.78 is 6.05. The minimum Gasteiger partial charge on any atom is -0.508 e. The third-order valence-electron chi connectivity index (χ3n) is 11.1. The van der Waals surface area contributed by atoms with E-state index >= 15 is 0 Å². The number of likely N-dealkylation sites (N-methyl/N-ethyl adjacent to an activating group) is 1. The number of rotatable bonds is 12. The van der Waals surface area contributed by atoms with Crippen molar-refractivity contribution >= 4 is 35.4 Å². The molecule has 1 unspecified atom stereocenters. The number of unbranched alkanes of at least 4 members (excludes halogenated alkanes) is 1. The maximum absolute atomic E-state index is 14.3. The van der Waals surface area contributed by atoms with E-state index in [9.17, 15) is 44.1 Å². The number of allylic oxidation sites excluding steroid dienone is 4. The monoisotopic (exact) mass is 849 g/mol. The van der Waals surface area contributed by atoms with Gasteiger partial charge in [-0.05, 0) is 68.7 Å². The van der Waals surface area contributed by atoms with Crippen molar-refractivity contribution in [1.29, 1.82) is 0 Å². The number of aliphatic hydroxyl groups is 2. The van der Waals surface area contributed by atoms with Crippen LogP contribution in [0.15, 0.2) is 72.4 Å². The first-order valence-electron chi connectivity index (χ1n) is 21.4. The number of fused-ring (bicyclic) bond motifs is 2. The largest absolute Gasteiger partial charge is 0.508 e. The predicted octanol–water partition coefficient (Wildman–Crippen LogP) is 3.59. The number of ketones is 1. The van der Waals surface area contributed by atoms with Crippen LogP contribution in [0.2, 0.25) is 0 Å². The number of hydrogen-bond acceptors (Lipinski definition) is 11. The summed E-state index contributed by atoms with van der Waals surface area (Å²) in [5, 5.41) is 39.6. The van der Waals surface area contributed by atoms with Crippen LogP contribution in [-0.2, 0) is 39.9 Å². The normalized spacial score (nSPS) is 27.6. The van der Waals surface area contributed by atoms with Crippen LogP contribution in [-0.4, -0.2) is 117 Å². The summed E-state index contributed by atoms with van der Waals surface area (Å²) in [6, 6.07) is 2.93. The molecule has 2 aliphatic heterocycles. The van der Waals surface area contributed by atoms with E-state index in [-0.39, 0.29) is 49.7 Å². The average Bonchev–Trinajstić information content (AvgIpc) is 3.22. The Bertz CT molecular complexity index is 1790. The second kappa shape index (κ2) is 25.0. The van der Waals surface area contributed by atoms with E-state index < -0.39 is 77.9 Å². The number of benzene rings is 1. The lowest BCUT2D eigenvalue weighted by Gasteiger charge is -2.36. The summed E-state index contributed by atoms with van der Waals surface area (Å²) in [5.41, 5.74) is 4.18. The van der Waals surface area contributed by atoms with E-state index in [4.69, 9.17) is 4.74 Å². The second-order valence-corrected chi connectivity index (χ2v) is 16.5. The number of hydrogen-bond donors (Lipinski definition) is 6. The molecule has 2 bridgehead atoms. The highest BCUT2D eigenvalue weighted by atomic mass is 16.5. The molecule has 1 fully saturated rings. The van der Waals surface area contributed by atoms with Crippen LogP contribution in [0.25, 0.3) is 0 Å². The van der Waals surface area contributed by atoms with Crippen LogP contribution in [0.4, 0.5) is 0 Å². The van der Waals surface area contributed by atoms with E-state index in [1.807, 2.05) is 6.92 Å². The molecule has 6 N–H and O–H groups in total. The zero-order chi connectivity index (χ0) is 45.2. The number of phenolic OH excluding ortho intramolecular Hbond substituents is 1. The van der Waals surface area contributed by atoms with Gasteiger partial charge in [-0.15, -0.1) is 0 Å². The number of cyclic esters (lactones) is 1. The Kier molecular flexibility index (Phi) is 20.6. The van der Waals surface area contributed by atoms with Crippen molar-refractivity contribution in [2.75, 3.05) is 20.1 Å². The number of phenols is 1. The van der Waals surface area contributed by atoms with E-state index in [1.165, 1.54) is 36.2 Å². The Labute approximate surface area is 360 Å². The van der Waals surface area contributed by atoms with Crippen molar-refractivity contribution < 1.29 is 48.8 Å². The molecule has 336 valence electrons. The highest BCUT2D eigenvalue weighted by Gasteiger charge is 2.38. The van der Waals surface area contributed by atoms with Gasteiger partial charge in [0.1, 0.15) is 35.8 Å². The lowest BCUT2D eigenvalue weighted by Crippen LogP contribution is -2.62. The van der Waals surface area contributed by atoms with Gasteiger partial charge in [0.2, 0.25) is 17.7 Å². The molecule has 2 heterocycles. The van der Waals surface area contributed by atoms with Gasteiger partial charge in [-0.3, -0.25) is 29.0 Å². The van der Waals surface area contributed by atoms with Crippen molar-refractivity contribution in [1.82, 2.24) is 26.0 Å². The highest BCUT2D eigenvalue weighted by Crippen LogP contribution is 2.24. The smallest absolute Gasteiger partial charge is 0.325 e. The molecule has 3 rings (SSSR count). The number of amides is 4. The molecule has 4 amide bonds. The first-order chi connectivity index (χ1) is 28.9. The second-order valence-electron chi connectivity index (χ2n) is 16.5. The van der Waals surface area contributed by atoms with Gasteiger partial charge in [-0.25, -0.2) is 5.43 Å². The molecule has 0 aromatic heterocycles. The fourth-order valence-electron chi connectivity index (χ4n) is 7.07. The number of Topliss-reactive ketones (excluding diaryl/α,β-unsaturated/α-hetero) is 1. The number of ether oxygens (including phenoxy) is 1. The summed E-state index contributed by atoms with van der Waals surface area (Å²) in [4.78, 5) is 82.5. The Balaban J connectivity index is 2.06. The summed E-state index contributed by atoms with van der Waals surface area (Å²) in [6.07, 6.45) is 10.5. The molecule has 61 heavy (non-hydrogen) atoms. The minimum atomic E-state index is -1.42. The summed E-state index contributed by atoms with van der Waals surface area (Å²) >= 11 is 0. The van der Waals surface area contributed by atoms with Gasteiger partial charge in [0.05, 0.1) is 18.1 Å². The number of hydrazine groups is 1. The zero-order valence-electron chi connectivity index (χ0n) is 36.7. The average molecular weight is 850 g/mol. The minimum absolute atomic E-state index is 0.0267. The van der Waals surface area contributed by atoms with Crippen LogP contribution >= 0.6 is 0 Å². The Morgan fingerprint density at radius 1 is 1.07 bits per heavy atom. The lowest BCUT2D eigenvalue weighted by molar-refractivity contribution is -0.156. The van der Waals surface area contributed by atoms with E-state index in [2.05, 4.69) is 16.1 Å². The standard InChI is InChI=1S/C46H67N5O10/c1-8-9-25-50(7)40(55)22-13-16-30(4)39-21-12-10-11-20-38(54)32(6)42(56)35(24-23-31(5)52)43(57)48-41(29(2)3)44(58)47-37(28-33-17-14-18-34(53)27-33)45(59)51-26-15-19-36(49-51)46(60)61-39/h10-14,16-18,20,22,27,29,32,35-39,41-42,49,53-54,56H,8-9,15,19,21,23-26,28H2,1-7H3,(H,47,58)(H,48,57)/b12-10+,20-11+,22-13+,30-16+/t32-,35+,36?,37-,38-,39-,41-,42+/m0/s1. The van der Waals surface area contributed by atoms with Crippen molar-refractivity contribution in [2.24, 2.45) is 17.8 Å². The molecule has 2 aliphatic rings. The number of aliphatic hydroxyl groups excluding tert-OH is 2. The molecular formula is C46H67N5O10. The maximum atomic E-state index is 14.3. The van der Waals surface area contributed by atoms with Gasteiger partial charge in [-0.2, -0.15) is 0 Å². The van der Waals surface area contributed by atoms with Crippen molar-refractivity contribution in [3.8, 4) is 5.75 Å². The third-order valence-corrected chi connectivity index (χ3v) is 11.1. The molecule has 0 saturated carbocycles. The summed E-state index contributed by atoms with van der Waals surface area (Å²) in [6.45, 7) is 11.0. The molecule has 0 radical (unpaired) electrons. The summed E-state index contributed by atoms with van der Waals surface area (Å²) in [5.74, 6) is -5.52. The molecular weight excluding hydrogens is 783 g/mol. The topological polar surface area (TPSA) is 215 Å². The number of aromatic hydroxyl groups is 1. The van der Waals surface area contributed by atoms with Crippen molar-refractivity contribution in [2.45, 2.75) is 129 Å². The molecule has 1 saturated heterocycles. The number of nitrogens with one attached hydrogen (secondary N) is 3. The van der Waals surface area contributed by atoms with Gasteiger partial charge in [0.15, 0.2) is 0 Å². The Hall–Kier alpha value is -5.12. The quantitative estimate of drug-likeness (QED) is 0.102. The number of carbonyl (C=O) groups is 6. The highest BCUT2D eigenvalue weighted by molar-refractivity contribution is 5.93. The van der Waals surface area contributed by atoms with Crippen LogP contribution in [0, 0.1) is 17.8 Å². The van der Waals surface area contributed by atoms with Gasteiger partial charge in [0.25, 0.3) is 5.91 Å². The summed E-state index contributed by atoms with van der Waals surface area (Å²) in [7, 11) is 1.73. The fourth-order valence-corrected chi connectivity index (χ4v) is 7.07. The zero-order valence-corrected chi connectivity index (χ0v) is 36.7. The van der Waals surface area contributed by atoms with Crippen LogP contribution < -0.4 is 16.1 Å². The van der Waals surface area contributed by atoms with Gasteiger partial charge >= 0.3 is 5.97 Å². The van der Waals surface area contributed by atoms with Crippen LogP contribution in [0.3, 0.4) is 0 Å². The molecule has 0 aliphatic carbocycles. The molecule has 8 atom stereocenters. The fraction of sp³-hybridized carbons (Fsp3) is 0.565. The first kappa shape index (κ1) is 50.2. The van der Waals surface area contributed by atoms with E-state index in [0.717, 1.165) is 12.8 Å². The predicted molar refractivity (Wildman–Crippen MR) is 231 cm³/mol. The van der Waals surface area contributed by atoms with Crippen LogP contribution in [0.5, 0.6) is 5.75 Å². The molecule has 15 nitrogen and oxygen atoms in total. The van der Waals surface area contributed by atoms with Gasteiger partial charge in [0, 0.05) is 51.4 Å². The Morgan fingerprint density at radius 2 is 1.80 bits per heavy atom. The lowest BCUT2D eigenvalue weighted by atomic mass is 9.84. The first-order valence-corrected chi connectivity index (χ1v) is 21.4. The maximum Gasteiger partial charge on any atom is 0.325 e. The SMILES string of the molecule is CCCCN(C)C(=O)/C=C/C=C(\C)[C@@H]1C/C=C/C=C/[C@H](O)[C@H](C)[C@@H](O)[C@@H](CCC(C)=O)C(=O)N[C@@H](C(C)C)C(=O)N[C@@H](Cc2cccc(O)c2)C(=O)N2CCCC(N2)C(=O)O1. The molecule has 1 aromatic rings. The van der Waals surface area contributed by atoms with Crippen molar-refractivity contribution in [3.05, 3.63) is 77.9 Å². The van der Waals surface area contributed by atoms with Crippen LogP contribution in [0.1, 0.15) is 92.1 Å². The number of esters is 1.